The first-order valence-electron chi connectivity index (χ1n) is 7.71. The second-order valence-electron chi connectivity index (χ2n) is 5.28. The van der Waals surface area contributed by atoms with Gasteiger partial charge < -0.3 is 9.47 Å². The molecule has 0 bridgehead atoms. The summed E-state index contributed by atoms with van der Waals surface area (Å²) in [4.78, 5) is 13.1. The van der Waals surface area contributed by atoms with Crippen molar-refractivity contribution in [3.8, 4) is 11.5 Å². The fourth-order valence-electron chi connectivity index (χ4n) is 2.22. The van der Waals surface area contributed by atoms with Crippen LogP contribution in [0.4, 0.5) is 0 Å². The SMILES string of the molecule is COc1ccc(/C=C2\SC(=S)N(/N=C/c3ccc(OC)cc3)C2=O)cc1. The Morgan fingerprint density at radius 3 is 2.04 bits per heavy atom. The lowest BCUT2D eigenvalue weighted by atomic mass is 10.2. The van der Waals surface area contributed by atoms with Gasteiger partial charge in [-0.15, -0.1) is 0 Å². The van der Waals surface area contributed by atoms with Crippen molar-refractivity contribution in [2.24, 2.45) is 5.10 Å². The van der Waals surface area contributed by atoms with E-state index in [9.17, 15) is 4.79 Å². The zero-order valence-corrected chi connectivity index (χ0v) is 15.8. The molecule has 0 N–H and O–H groups in total. The minimum atomic E-state index is -0.236. The highest BCUT2D eigenvalue weighted by Gasteiger charge is 2.31. The lowest BCUT2D eigenvalue weighted by molar-refractivity contribution is -0.122. The van der Waals surface area contributed by atoms with E-state index in [0.29, 0.717) is 9.23 Å². The van der Waals surface area contributed by atoms with E-state index in [0.717, 1.165) is 22.6 Å². The van der Waals surface area contributed by atoms with Crippen LogP contribution in [0.2, 0.25) is 0 Å². The molecule has 3 rings (SSSR count). The summed E-state index contributed by atoms with van der Waals surface area (Å²) in [7, 11) is 3.22. The second-order valence-corrected chi connectivity index (χ2v) is 6.96. The van der Waals surface area contributed by atoms with Gasteiger partial charge in [0.05, 0.1) is 25.3 Å². The van der Waals surface area contributed by atoms with Crippen LogP contribution in [-0.4, -0.2) is 35.7 Å². The second kappa shape index (κ2) is 8.16. The third-order valence-corrected chi connectivity index (χ3v) is 4.91. The van der Waals surface area contributed by atoms with Crippen LogP contribution >= 0.6 is 24.0 Å². The number of thiocarbonyl (C=S) groups is 1. The van der Waals surface area contributed by atoms with Gasteiger partial charge in [-0.2, -0.15) is 10.1 Å². The van der Waals surface area contributed by atoms with Crippen LogP contribution < -0.4 is 9.47 Å². The summed E-state index contributed by atoms with van der Waals surface area (Å²) in [6.07, 6.45) is 3.39. The van der Waals surface area contributed by atoms with Gasteiger partial charge in [0, 0.05) is 0 Å². The lowest BCUT2D eigenvalue weighted by Crippen LogP contribution is -2.22. The lowest BCUT2D eigenvalue weighted by Gasteiger charge is -2.06. The first kappa shape index (κ1) is 18.2. The molecule has 0 aliphatic carbocycles. The molecule has 0 unspecified atom stereocenters. The number of amides is 1. The van der Waals surface area contributed by atoms with Gasteiger partial charge in [0.25, 0.3) is 5.91 Å². The fourth-order valence-corrected chi connectivity index (χ4v) is 3.40. The van der Waals surface area contributed by atoms with E-state index in [1.54, 1.807) is 26.5 Å². The van der Waals surface area contributed by atoms with Gasteiger partial charge in [-0.1, -0.05) is 23.9 Å². The zero-order chi connectivity index (χ0) is 18.5. The molecule has 0 radical (unpaired) electrons. The third-order valence-electron chi connectivity index (χ3n) is 3.63. The third kappa shape index (κ3) is 4.12. The smallest absolute Gasteiger partial charge is 0.286 e. The standard InChI is InChI=1S/C19H16N2O3S2/c1-23-15-7-3-13(4-8-15)11-17-18(22)21(19(25)26-17)20-12-14-5-9-16(24-2)10-6-14/h3-12H,1-2H3/b17-11-,20-12+. The molecule has 0 aromatic heterocycles. The molecule has 132 valence electrons. The van der Waals surface area contributed by atoms with E-state index in [-0.39, 0.29) is 5.91 Å². The normalized spacial score (nSPS) is 15.9. The van der Waals surface area contributed by atoms with E-state index in [4.69, 9.17) is 21.7 Å². The predicted octanol–water partition coefficient (Wildman–Crippen LogP) is 3.94. The highest BCUT2D eigenvalue weighted by molar-refractivity contribution is 8.26. The number of hydrazone groups is 1. The number of methoxy groups -OCH3 is 2. The number of benzene rings is 2. The summed E-state index contributed by atoms with van der Waals surface area (Å²) in [5, 5.41) is 5.46. The molecule has 1 saturated heterocycles. The zero-order valence-electron chi connectivity index (χ0n) is 14.2. The van der Waals surface area contributed by atoms with E-state index in [1.807, 2.05) is 48.5 Å². The molecule has 0 atom stereocenters. The van der Waals surface area contributed by atoms with Crippen molar-refractivity contribution >= 4 is 46.5 Å². The Morgan fingerprint density at radius 2 is 1.50 bits per heavy atom. The number of carbonyl (C=O) groups is 1. The van der Waals surface area contributed by atoms with Crippen molar-refractivity contribution in [2.45, 2.75) is 0 Å². The molecular formula is C19H16N2O3S2. The number of hydrogen-bond donors (Lipinski definition) is 0. The summed E-state index contributed by atoms with van der Waals surface area (Å²) in [6.45, 7) is 0. The Bertz CT molecular complexity index is 875. The van der Waals surface area contributed by atoms with Crippen molar-refractivity contribution in [2.75, 3.05) is 14.2 Å². The minimum Gasteiger partial charge on any atom is -0.497 e. The molecule has 2 aromatic rings. The molecule has 0 spiro atoms. The Labute approximate surface area is 161 Å². The van der Waals surface area contributed by atoms with Crippen molar-refractivity contribution in [1.82, 2.24) is 5.01 Å². The summed E-state index contributed by atoms with van der Waals surface area (Å²) in [5.74, 6) is 1.29. The van der Waals surface area contributed by atoms with Gasteiger partial charge >= 0.3 is 0 Å². The molecule has 1 fully saturated rings. The largest absolute Gasteiger partial charge is 0.497 e. The fraction of sp³-hybridized carbons (Fsp3) is 0.105. The number of rotatable bonds is 5. The molecule has 1 heterocycles. The molecule has 1 aliphatic heterocycles. The Hall–Kier alpha value is -2.64. The highest BCUT2D eigenvalue weighted by Crippen LogP contribution is 2.33. The van der Waals surface area contributed by atoms with Crippen LogP contribution in [0.1, 0.15) is 11.1 Å². The van der Waals surface area contributed by atoms with Crippen LogP contribution in [-0.2, 0) is 4.79 Å². The molecule has 1 amide bonds. The Morgan fingerprint density at radius 1 is 0.962 bits per heavy atom. The van der Waals surface area contributed by atoms with Crippen molar-refractivity contribution in [1.29, 1.82) is 0 Å². The number of nitrogens with zero attached hydrogens (tertiary/aromatic N) is 2. The van der Waals surface area contributed by atoms with E-state index in [1.165, 1.54) is 16.8 Å². The van der Waals surface area contributed by atoms with Crippen LogP contribution in [0.25, 0.3) is 6.08 Å². The van der Waals surface area contributed by atoms with E-state index in [2.05, 4.69) is 5.10 Å². The van der Waals surface area contributed by atoms with Gasteiger partial charge in [0.1, 0.15) is 11.5 Å². The maximum atomic E-state index is 12.6. The topological polar surface area (TPSA) is 51.1 Å². The monoisotopic (exact) mass is 384 g/mol. The van der Waals surface area contributed by atoms with Crippen LogP contribution in [0.3, 0.4) is 0 Å². The van der Waals surface area contributed by atoms with Gasteiger partial charge in [0.2, 0.25) is 0 Å². The summed E-state index contributed by atoms with van der Waals surface area (Å²) in [5.41, 5.74) is 1.74. The highest BCUT2D eigenvalue weighted by atomic mass is 32.2. The maximum absolute atomic E-state index is 12.6. The first-order valence-corrected chi connectivity index (χ1v) is 8.93. The van der Waals surface area contributed by atoms with Crippen molar-refractivity contribution in [3.63, 3.8) is 0 Å². The first-order chi connectivity index (χ1) is 12.6. The number of thioether (sulfide) groups is 1. The van der Waals surface area contributed by atoms with Crippen LogP contribution in [0.15, 0.2) is 58.5 Å². The van der Waals surface area contributed by atoms with Crippen molar-refractivity contribution < 1.29 is 14.3 Å². The van der Waals surface area contributed by atoms with E-state index >= 15 is 0 Å². The van der Waals surface area contributed by atoms with Gasteiger partial charge in [0.15, 0.2) is 4.32 Å². The number of ether oxygens (including phenoxy) is 2. The summed E-state index contributed by atoms with van der Waals surface area (Å²) >= 11 is 6.51. The summed E-state index contributed by atoms with van der Waals surface area (Å²) < 4.78 is 10.7. The molecule has 26 heavy (non-hydrogen) atoms. The Balaban J connectivity index is 1.75. The number of carbonyl (C=O) groups excluding carboxylic acids is 1. The predicted molar refractivity (Wildman–Crippen MR) is 109 cm³/mol. The maximum Gasteiger partial charge on any atom is 0.286 e. The average Bonchev–Trinajstić information content (AvgIpc) is 2.94. The quantitative estimate of drug-likeness (QED) is 0.444. The molecule has 7 heteroatoms. The molecular weight excluding hydrogens is 368 g/mol. The molecule has 2 aromatic carbocycles. The molecule has 1 aliphatic rings. The van der Waals surface area contributed by atoms with E-state index < -0.39 is 0 Å². The van der Waals surface area contributed by atoms with Gasteiger partial charge in [-0.3, -0.25) is 4.79 Å². The molecule has 0 saturated carbocycles. The van der Waals surface area contributed by atoms with Crippen LogP contribution in [0.5, 0.6) is 11.5 Å². The minimum absolute atomic E-state index is 0.236. The summed E-state index contributed by atoms with van der Waals surface area (Å²) in [6, 6.07) is 14.8. The molecule has 5 nitrogen and oxygen atoms in total. The Kier molecular flexibility index (Phi) is 5.70. The van der Waals surface area contributed by atoms with Crippen LogP contribution in [0, 0.1) is 0 Å². The number of hydrogen-bond acceptors (Lipinski definition) is 6. The average molecular weight is 384 g/mol. The van der Waals surface area contributed by atoms with Crippen molar-refractivity contribution in [3.05, 3.63) is 64.6 Å². The van der Waals surface area contributed by atoms with Gasteiger partial charge in [-0.05, 0) is 65.8 Å². The van der Waals surface area contributed by atoms with Gasteiger partial charge in [-0.25, -0.2) is 0 Å².